The van der Waals surface area contributed by atoms with E-state index in [1.54, 1.807) is 24.3 Å². The SMILES string of the molecule is COC(=O)COc1ccc2c(c1)OC(=CC1=Cc3ccccc3O[C@H]1C)C2=O. The standard InChI is InChI=1S/C22H18O6/c1-13-15(9-14-5-3-4-6-18(14)27-13)10-20-22(24)17-8-7-16(11-19(17)28-20)26-12-21(23)25-2/h3-11,13H,12H2,1-2H3/t13-/m0/s1. The fourth-order valence-electron chi connectivity index (χ4n) is 3.03. The second kappa shape index (κ2) is 7.23. The number of methoxy groups -OCH3 is 1. The monoisotopic (exact) mass is 378 g/mol. The minimum atomic E-state index is -0.489. The molecule has 0 amide bonds. The average molecular weight is 378 g/mol. The molecular formula is C22H18O6. The summed E-state index contributed by atoms with van der Waals surface area (Å²) in [6, 6.07) is 12.5. The Bertz CT molecular complexity index is 1020. The number of ketones is 1. The molecule has 2 aliphatic heterocycles. The highest BCUT2D eigenvalue weighted by Crippen LogP contribution is 2.36. The molecule has 0 aliphatic carbocycles. The summed E-state index contributed by atoms with van der Waals surface area (Å²) >= 11 is 0. The summed E-state index contributed by atoms with van der Waals surface area (Å²) in [5.41, 5.74) is 2.24. The van der Waals surface area contributed by atoms with Gasteiger partial charge in [0.05, 0.1) is 12.7 Å². The van der Waals surface area contributed by atoms with E-state index < -0.39 is 5.97 Å². The van der Waals surface area contributed by atoms with Crippen LogP contribution in [0.15, 0.2) is 59.9 Å². The van der Waals surface area contributed by atoms with Gasteiger partial charge in [0.1, 0.15) is 23.4 Å². The lowest BCUT2D eigenvalue weighted by Gasteiger charge is -2.22. The third kappa shape index (κ3) is 3.36. The molecule has 2 aromatic rings. The van der Waals surface area contributed by atoms with Crippen LogP contribution in [-0.4, -0.2) is 31.6 Å². The van der Waals surface area contributed by atoms with Crippen LogP contribution in [0.2, 0.25) is 0 Å². The van der Waals surface area contributed by atoms with E-state index in [0.717, 1.165) is 16.9 Å². The highest BCUT2D eigenvalue weighted by molar-refractivity contribution is 6.12. The van der Waals surface area contributed by atoms with Gasteiger partial charge in [0, 0.05) is 11.6 Å². The van der Waals surface area contributed by atoms with Crippen LogP contribution in [0.25, 0.3) is 6.08 Å². The Hall–Kier alpha value is -3.54. The van der Waals surface area contributed by atoms with Crippen molar-refractivity contribution in [1.82, 2.24) is 0 Å². The van der Waals surface area contributed by atoms with E-state index in [1.165, 1.54) is 7.11 Å². The van der Waals surface area contributed by atoms with E-state index >= 15 is 0 Å². The molecule has 0 fully saturated rings. The van der Waals surface area contributed by atoms with E-state index in [-0.39, 0.29) is 24.3 Å². The van der Waals surface area contributed by atoms with Gasteiger partial charge in [-0.1, -0.05) is 18.2 Å². The summed E-state index contributed by atoms with van der Waals surface area (Å²) in [4.78, 5) is 23.9. The zero-order valence-electron chi connectivity index (χ0n) is 15.4. The summed E-state index contributed by atoms with van der Waals surface area (Å²) in [7, 11) is 1.29. The molecule has 0 bridgehead atoms. The van der Waals surface area contributed by atoms with Gasteiger partial charge in [0.2, 0.25) is 5.78 Å². The molecule has 0 N–H and O–H groups in total. The first-order valence-electron chi connectivity index (χ1n) is 8.80. The van der Waals surface area contributed by atoms with Crippen molar-refractivity contribution in [2.24, 2.45) is 0 Å². The second-order valence-corrected chi connectivity index (χ2v) is 6.40. The maximum absolute atomic E-state index is 12.7. The van der Waals surface area contributed by atoms with Gasteiger partial charge in [-0.05, 0) is 42.8 Å². The van der Waals surface area contributed by atoms with E-state index in [4.69, 9.17) is 14.2 Å². The summed E-state index contributed by atoms with van der Waals surface area (Å²) < 4.78 is 21.5. The molecule has 0 unspecified atom stereocenters. The number of ether oxygens (including phenoxy) is 4. The largest absolute Gasteiger partial charge is 0.485 e. The predicted octanol–water partition coefficient (Wildman–Crippen LogP) is 3.56. The lowest BCUT2D eigenvalue weighted by atomic mass is 10.0. The van der Waals surface area contributed by atoms with Crippen LogP contribution in [0.4, 0.5) is 0 Å². The normalized spacial score (nSPS) is 18.5. The zero-order valence-corrected chi connectivity index (χ0v) is 15.4. The van der Waals surface area contributed by atoms with Crippen molar-refractivity contribution in [3.63, 3.8) is 0 Å². The van der Waals surface area contributed by atoms with Crippen molar-refractivity contribution in [2.75, 3.05) is 13.7 Å². The minimum Gasteiger partial charge on any atom is -0.485 e. The number of para-hydroxylation sites is 1. The van der Waals surface area contributed by atoms with Crippen molar-refractivity contribution in [2.45, 2.75) is 13.0 Å². The molecule has 2 heterocycles. The Kier molecular flexibility index (Phi) is 4.61. The van der Waals surface area contributed by atoms with Crippen LogP contribution >= 0.6 is 0 Å². The molecule has 142 valence electrons. The van der Waals surface area contributed by atoms with Crippen LogP contribution in [0.3, 0.4) is 0 Å². The van der Waals surface area contributed by atoms with Crippen LogP contribution < -0.4 is 14.2 Å². The smallest absolute Gasteiger partial charge is 0.343 e. The molecular weight excluding hydrogens is 360 g/mol. The van der Waals surface area contributed by atoms with Crippen molar-refractivity contribution in [3.8, 4) is 17.2 Å². The number of carbonyl (C=O) groups is 2. The lowest BCUT2D eigenvalue weighted by molar-refractivity contribution is -0.142. The van der Waals surface area contributed by atoms with Gasteiger partial charge >= 0.3 is 5.97 Å². The van der Waals surface area contributed by atoms with Gasteiger partial charge in [-0.25, -0.2) is 4.79 Å². The summed E-state index contributed by atoms with van der Waals surface area (Å²) in [5.74, 6) is 1.15. The number of allylic oxidation sites excluding steroid dienone is 1. The van der Waals surface area contributed by atoms with Crippen LogP contribution in [0.1, 0.15) is 22.8 Å². The highest BCUT2D eigenvalue weighted by atomic mass is 16.6. The molecule has 0 saturated carbocycles. The van der Waals surface area contributed by atoms with Crippen LogP contribution in [0.5, 0.6) is 17.2 Å². The predicted molar refractivity (Wildman–Crippen MR) is 102 cm³/mol. The maximum Gasteiger partial charge on any atom is 0.343 e. The fraction of sp³-hybridized carbons (Fsp3) is 0.182. The number of Topliss-reactive ketones (excluding diaryl/α,β-unsaturated/α-hetero) is 1. The molecule has 0 spiro atoms. The first-order chi connectivity index (χ1) is 13.5. The highest BCUT2D eigenvalue weighted by Gasteiger charge is 2.29. The molecule has 0 aromatic heterocycles. The maximum atomic E-state index is 12.7. The first kappa shape index (κ1) is 17.9. The Morgan fingerprint density at radius 1 is 1.18 bits per heavy atom. The van der Waals surface area contributed by atoms with Crippen LogP contribution in [0, 0.1) is 0 Å². The van der Waals surface area contributed by atoms with Crippen molar-refractivity contribution >= 4 is 17.8 Å². The van der Waals surface area contributed by atoms with Crippen molar-refractivity contribution in [3.05, 3.63) is 71.0 Å². The molecule has 2 aromatic carbocycles. The second-order valence-electron chi connectivity index (χ2n) is 6.40. The van der Waals surface area contributed by atoms with Crippen molar-refractivity contribution < 1.29 is 28.5 Å². The Labute approximate surface area is 162 Å². The quantitative estimate of drug-likeness (QED) is 0.598. The molecule has 4 rings (SSSR count). The first-order valence-corrected chi connectivity index (χ1v) is 8.80. The number of hydrogen-bond donors (Lipinski definition) is 0. The summed E-state index contributed by atoms with van der Waals surface area (Å²) in [6.45, 7) is 1.71. The molecule has 0 radical (unpaired) electrons. The Morgan fingerprint density at radius 2 is 2.00 bits per heavy atom. The topological polar surface area (TPSA) is 71.1 Å². The van der Waals surface area contributed by atoms with Gasteiger partial charge in [-0.15, -0.1) is 0 Å². The molecule has 1 atom stereocenters. The summed E-state index contributed by atoms with van der Waals surface area (Å²) in [6.07, 6.45) is 3.49. The number of carbonyl (C=O) groups excluding carboxylic acids is 2. The molecule has 2 aliphatic rings. The molecule has 28 heavy (non-hydrogen) atoms. The third-order valence-corrected chi connectivity index (χ3v) is 4.54. The van der Waals surface area contributed by atoms with E-state index in [0.29, 0.717) is 17.1 Å². The van der Waals surface area contributed by atoms with E-state index in [9.17, 15) is 9.59 Å². The lowest BCUT2D eigenvalue weighted by Crippen LogP contribution is -2.18. The van der Waals surface area contributed by atoms with Crippen LogP contribution in [-0.2, 0) is 9.53 Å². The number of esters is 1. The summed E-state index contributed by atoms with van der Waals surface area (Å²) in [5, 5.41) is 0. The Balaban J connectivity index is 1.57. The average Bonchev–Trinajstić information content (AvgIpc) is 3.01. The number of benzene rings is 2. The Morgan fingerprint density at radius 3 is 2.82 bits per heavy atom. The van der Waals surface area contributed by atoms with Crippen molar-refractivity contribution in [1.29, 1.82) is 0 Å². The van der Waals surface area contributed by atoms with E-state index in [2.05, 4.69) is 4.74 Å². The van der Waals surface area contributed by atoms with Gasteiger partial charge in [0.15, 0.2) is 12.4 Å². The van der Waals surface area contributed by atoms with Gasteiger partial charge in [-0.2, -0.15) is 0 Å². The van der Waals surface area contributed by atoms with Gasteiger partial charge < -0.3 is 18.9 Å². The van der Waals surface area contributed by atoms with Gasteiger partial charge in [0.25, 0.3) is 0 Å². The molecule has 6 nitrogen and oxygen atoms in total. The van der Waals surface area contributed by atoms with E-state index in [1.807, 2.05) is 37.3 Å². The van der Waals surface area contributed by atoms with Gasteiger partial charge in [-0.3, -0.25) is 4.79 Å². The minimum absolute atomic E-state index is 0.207. The number of rotatable bonds is 4. The zero-order chi connectivity index (χ0) is 19.7. The number of hydrogen-bond acceptors (Lipinski definition) is 6. The molecule has 6 heteroatoms. The fourth-order valence-corrected chi connectivity index (χ4v) is 3.03. The third-order valence-electron chi connectivity index (χ3n) is 4.54. The number of fused-ring (bicyclic) bond motifs is 2. The molecule has 0 saturated heterocycles.